The van der Waals surface area contributed by atoms with E-state index in [9.17, 15) is 48.3 Å². The molecule has 0 fully saturated rings. The van der Waals surface area contributed by atoms with Gasteiger partial charge < -0.3 is 0 Å². The third-order valence-electron chi connectivity index (χ3n) is 7.46. The van der Waals surface area contributed by atoms with Crippen LogP contribution in [0.1, 0.15) is 22.3 Å². The molecule has 0 aliphatic rings. The van der Waals surface area contributed by atoms with E-state index in [1.807, 2.05) is 0 Å². The van der Waals surface area contributed by atoms with Crippen LogP contribution in [0.4, 0.5) is 83.4 Å². The van der Waals surface area contributed by atoms with E-state index < -0.39 is 151 Å². The number of rotatable bonds is 5. The molecule has 0 atom stereocenters. The van der Waals surface area contributed by atoms with Crippen molar-refractivity contribution in [2.24, 2.45) is 0 Å². The largest absolute Gasteiger partial charge is 0.207 e. The number of halogens is 19. The zero-order valence-electron chi connectivity index (χ0n) is 21.7. The molecule has 0 spiro atoms. The standard InChI is InChI=1S/C26H5BF19/c1-2-7(28)15(36)6(16(37)8(2)29)27-26(3-9(30)17(38)23(44)18(39)10(3)31,4-11(32)19(40)24(45)20(41)12(4)33)5-13(34)21(42)25(46)22(43)14(5)35/h27H2,1H3/q-1. The average Bonchev–Trinajstić information content (AvgIpc) is 3.02. The molecule has 46 heavy (non-hydrogen) atoms. The molecule has 0 N–H and O–H groups in total. The monoisotopic (exact) mass is 689 g/mol. The molecule has 0 aromatic heterocycles. The molecular formula is C26H5BF19-. The van der Waals surface area contributed by atoms with Gasteiger partial charge >= 0.3 is 0 Å². The summed E-state index contributed by atoms with van der Waals surface area (Å²) >= 11 is 0. The van der Waals surface area contributed by atoms with Crippen molar-refractivity contribution in [2.45, 2.75) is 12.2 Å². The fourth-order valence-corrected chi connectivity index (χ4v) is 5.33. The molecule has 246 valence electrons. The minimum Gasteiger partial charge on any atom is -0.207 e. The van der Waals surface area contributed by atoms with Gasteiger partial charge in [0.25, 0.3) is 0 Å². The molecule has 0 saturated heterocycles. The first-order chi connectivity index (χ1) is 21.2. The second kappa shape index (κ2) is 11.4. The molecule has 0 aliphatic heterocycles. The fourth-order valence-electron chi connectivity index (χ4n) is 5.33. The van der Waals surface area contributed by atoms with Gasteiger partial charge in [-0.2, -0.15) is 0 Å². The Balaban J connectivity index is 2.54. The van der Waals surface area contributed by atoms with E-state index in [0.29, 0.717) is 6.92 Å². The van der Waals surface area contributed by atoms with Crippen molar-refractivity contribution in [1.82, 2.24) is 0 Å². The maximum atomic E-state index is 15.4. The Kier molecular flexibility index (Phi) is 8.58. The number of hydrogen-bond acceptors (Lipinski definition) is 0. The zero-order valence-corrected chi connectivity index (χ0v) is 21.7. The number of benzene rings is 4. The second-order valence-electron chi connectivity index (χ2n) is 9.72. The van der Waals surface area contributed by atoms with Crippen LogP contribution in [0.25, 0.3) is 0 Å². The summed E-state index contributed by atoms with van der Waals surface area (Å²) in [6.07, 6.45) is 0. The van der Waals surface area contributed by atoms with Crippen molar-refractivity contribution in [3.63, 3.8) is 0 Å². The van der Waals surface area contributed by atoms with E-state index in [1.165, 1.54) is 0 Å². The highest BCUT2D eigenvalue weighted by atomic mass is 19.2. The summed E-state index contributed by atoms with van der Waals surface area (Å²) in [6, 6.07) is 0. The molecule has 0 heterocycles. The van der Waals surface area contributed by atoms with Gasteiger partial charge in [-0.3, -0.25) is 0 Å². The van der Waals surface area contributed by atoms with Crippen molar-refractivity contribution in [1.29, 1.82) is 0 Å². The second-order valence-corrected chi connectivity index (χ2v) is 9.72. The lowest BCUT2D eigenvalue weighted by Gasteiger charge is -2.43. The fraction of sp³-hybridized carbons (Fsp3) is 0.0769. The van der Waals surface area contributed by atoms with Crippen LogP contribution in [-0.4, -0.2) is 7.28 Å². The first-order valence-electron chi connectivity index (χ1n) is 11.8. The molecule has 0 radical (unpaired) electrons. The molecule has 4 aromatic rings. The summed E-state index contributed by atoms with van der Waals surface area (Å²) in [5, 5.41) is -5.27. The van der Waals surface area contributed by atoms with E-state index in [4.69, 9.17) is 0 Å². The predicted octanol–water partition coefficient (Wildman–Crippen LogP) is 7.42. The highest BCUT2D eigenvalue weighted by Gasteiger charge is 2.50. The van der Waals surface area contributed by atoms with Crippen LogP contribution in [0.15, 0.2) is 0 Å². The maximum absolute atomic E-state index is 15.4. The summed E-state index contributed by atoms with van der Waals surface area (Å²) in [6.45, 7) is 0.312. The van der Waals surface area contributed by atoms with Gasteiger partial charge in [0.05, 0.1) is 0 Å². The molecule has 0 unspecified atom stereocenters. The molecule has 20 heteroatoms. The Hall–Kier alpha value is -4.39. The summed E-state index contributed by atoms with van der Waals surface area (Å²) in [7, 11) is -4.91. The van der Waals surface area contributed by atoms with Gasteiger partial charge in [0.1, 0.15) is 11.6 Å². The molecule has 4 aromatic carbocycles. The summed E-state index contributed by atoms with van der Waals surface area (Å²) < 4.78 is 281. The van der Waals surface area contributed by atoms with Crippen molar-refractivity contribution in [3.05, 3.63) is 133 Å². The first-order valence-corrected chi connectivity index (χ1v) is 11.8. The van der Waals surface area contributed by atoms with Crippen molar-refractivity contribution in [2.75, 3.05) is 0 Å². The van der Waals surface area contributed by atoms with Crippen LogP contribution in [0.2, 0.25) is 0 Å². The van der Waals surface area contributed by atoms with Crippen LogP contribution >= 0.6 is 0 Å². The van der Waals surface area contributed by atoms with Crippen LogP contribution in [0.3, 0.4) is 0 Å². The smallest absolute Gasteiger partial charge is 0.200 e. The average molecular weight is 689 g/mol. The van der Waals surface area contributed by atoms with Gasteiger partial charge in [0, 0.05) is 29.5 Å². The van der Waals surface area contributed by atoms with Crippen LogP contribution < -0.4 is 5.46 Å². The van der Waals surface area contributed by atoms with Crippen molar-refractivity contribution < 1.29 is 83.4 Å². The van der Waals surface area contributed by atoms with E-state index in [1.54, 1.807) is 0 Å². The molecule has 0 amide bonds. The van der Waals surface area contributed by atoms with Crippen LogP contribution in [0, 0.1) is 117 Å². The lowest BCUT2D eigenvalue weighted by Crippen LogP contribution is -2.50. The Morgan fingerprint density at radius 2 is 0.478 bits per heavy atom. The lowest BCUT2D eigenvalue weighted by atomic mass is 9.40. The van der Waals surface area contributed by atoms with E-state index in [-0.39, 0.29) is 0 Å². The highest BCUT2D eigenvalue weighted by molar-refractivity contribution is 6.59. The SMILES string of the molecule is Cc1c(F)c(F)c([BH2-]C(c2c(F)c(F)c(F)c(F)c2F)(c2c(F)c(F)c(F)c(F)c2F)c2c(F)c(F)c(F)c(F)c2F)c(F)c1F. The van der Waals surface area contributed by atoms with Gasteiger partial charge in [-0.25, -0.2) is 83.4 Å². The summed E-state index contributed by atoms with van der Waals surface area (Å²) in [5.41, 5.74) is -13.6. The van der Waals surface area contributed by atoms with Crippen LogP contribution in [0.5, 0.6) is 0 Å². The van der Waals surface area contributed by atoms with E-state index in [0.717, 1.165) is 0 Å². The molecule has 0 aliphatic carbocycles. The van der Waals surface area contributed by atoms with Crippen LogP contribution in [-0.2, 0) is 5.31 Å². The molecular weight excluding hydrogens is 684 g/mol. The van der Waals surface area contributed by atoms with E-state index >= 15 is 35.1 Å². The van der Waals surface area contributed by atoms with Crippen molar-refractivity contribution in [3.8, 4) is 0 Å². The molecule has 0 nitrogen and oxygen atoms in total. The van der Waals surface area contributed by atoms with E-state index in [2.05, 4.69) is 0 Å². The molecule has 4 rings (SSSR count). The minimum atomic E-state index is -5.27. The predicted molar refractivity (Wildman–Crippen MR) is 118 cm³/mol. The Morgan fingerprint density at radius 3 is 0.696 bits per heavy atom. The zero-order chi connectivity index (χ0) is 35.1. The van der Waals surface area contributed by atoms with Gasteiger partial charge in [-0.05, 0) is 6.92 Å². The Bertz CT molecular complexity index is 1700. The third-order valence-corrected chi connectivity index (χ3v) is 7.46. The van der Waals surface area contributed by atoms with Gasteiger partial charge in [0.2, 0.25) is 17.5 Å². The summed E-state index contributed by atoms with van der Waals surface area (Å²) in [4.78, 5) is 0. The quantitative estimate of drug-likeness (QED) is 0.0674. The number of hydrogen-bond donors (Lipinski definition) is 0. The van der Waals surface area contributed by atoms with Gasteiger partial charge in [-0.15, -0.1) is 5.46 Å². The molecule has 0 saturated carbocycles. The lowest BCUT2D eigenvalue weighted by molar-refractivity contribution is 0.339. The normalized spacial score (nSPS) is 12.0. The first kappa shape index (κ1) is 34.5. The van der Waals surface area contributed by atoms with Gasteiger partial charge in [-0.1, -0.05) is 5.31 Å². The Labute approximate surface area is 241 Å². The topological polar surface area (TPSA) is 0 Å². The molecule has 0 bridgehead atoms. The third kappa shape index (κ3) is 4.50. The summed E-state index contributed by atoms with van der Waals surface area (Å²) in [5.74, 6) is -61.0. The highest BCUT2D eigenvalue weighted by Crippen LogP contribution is 2.48. The maximum Gasteiger partial charge on any atom is 0.200 e. The Morgan fingerprint density at radius 1 is 0.283 bits per heavy atom. The minimum absolute atomic E-state index is 0.312. The van der Waals surface area contributed by atoms with Crippen molar-refractivity contribution >= 4 is 12.7 Å². The van der Waals surface area contributed by atoms with Gasteiger partial charge in [0.15, 0.2) is 81.4 Å².